The molecule has 0 bridgehead atoms. The van der Waals surface area contributed by atoms with Gasteiger partial charge < -0.3 is 4.74 Å². The predicted molar refractivity (Wildman–Crippen MR) is 194 cm³/mol. The molecule has 3 heteroatoms. The summed E-state index contributed by atoms with van der Waals surface area (Å²) in [6.07, 6.45) is 0. The molecule has 0 fully saturated rings. The average molecular weight is 615 g/mol. The topological polar surface area (TPSA) is 35.0 Å². The van der Waals surface area contributed by atoms with Crippen molar-refractivity contribution >= 4 is 10.9 Å². The van der Waals surface area contributed by atoms with Crippen LogP contribution in [0.25, 0.3) is 44.7 Å². The van der Waals surface area contributed by atoms with Crippen LogP contribution in [-0.2, 0) is 5.41 Å². The van der Waals surface area contributed by atoms with Gasteiger partial charge in [0.2, 0.25) is 0 Å². The summed E-state index contributed by atoms with van der Waals surface area (Å²) in [5.74, 6) is 2.29. The predicted octanol–water partition coefficient (Wildman–Crippen LogP) is 11.1. The maximum Gasteiger partial charge on any atom is 0.160 e. The molecule has 226 valence electrons. The van der Waals surface area contributed by atoms with Crippen molar-refractivity contribution in [2.45, 2.75) is 5.41 Å². The monoisotopic (exact) mass is 614 g/mol. The quantitative estimate of drug-likeness (QED) is 0.193. The molecule has 8 aromatic rings. The summed E-state index contributed by atoms with van der Waals surface area (Å²) in [7, 11) is 0. The van der Waals surface area contributed by atoms with Crippen LogP contribution in [0.15, 0.2) is 182 Å². The van der Waals surface area contributed by atoms with Crippen molar-refractivity contribution in [3.05, 3.63) is 204 Å². The van der Waals surface area contributed by atoms with Crippen LogP contribution in [-0.4, -0.2) is 9.97 Å². The fourth-order valence-electron chi connectivity index (χ4n) is 7.25. The fraction of sp³-hybridized carbons (Fsp3) is 0.0222. The van der Waals surface area contributed by atoms with E-state index in [1.165, 1.54) is 16.7 Å². The van der Waals surface area contributed by atoms with Gasteiger partial charge in [-0.25, -0.2) is 9.97 Å². The number of ether oxygens (including phenoxy) is 1. The minimum atomic E-state index is -0.571. The highest BCUT2D eigenvalue weighted by atomic mass is 16.5. The fourth-order valence-corrected chi connectivity index (χ4v) is 7.25. The molecule has 0 aliphatic carbocycles. The van der Waals surface area contributed by atoms with Crippen LogP contribution >= 0.6 is 0 Å². The molecule has 0 saturated heterocycles. The van der Waals surface area contributed by atoms with Gasteiger partial charge in [-0.05, 0) is 46.5 Å². The van der Waals surface area contributed by atoms with Crippen molar-refractivity contribution < 1.29 is 4.74 Å². The van der Waals surface area contributed by atoms with Crippen molar-refractivity contribution in [1.29, 1.82) is 0 Å². The number of fused-ring (bicyclic) bond motifs is 3. The number of hydrogen-bond acceptors (Lipinski definition) is 3. The van der Waals surface area contributed by atoms with E-state index in [1.54, 1.807) is 0 Å². The van der Waals surface area contributed by atoms with E-state index in [0.29, 0.717) is 5.82 Å². The van der Waals surface area contributed by atoms with Gasteiger partial charge in [0.15, 0.2) is 5.82 Å². The molecule has 0 spiro atoms. The maximum absolute atomic E-state index is 6.75. The third kappa shape index (κ3) is 4.51. The Morgan fingerprint density at radius 3 is 1.77 bits per heavy atom. The second kappa shape index (κ2) is 11.5. The lowest BCUT2D eigenvalue weighted by Gasteiger charge is -2.41. The number of benzene rings is 7. The molecule has 3 nitrogen and oxygen atoms in total. The summed E-state index contributed by atoms with van der Waals surface area (Å²) in [6, 6.07) is 63.6. The highest BCUT2D eigenvalue weighted by molar-refractivity contribution is 5.94. The van der Waals surface area contributed by atoms with Crippen molar-refractivity contribution in [2.75, 3.05) is 0 Å². The average Bonchev–Trinajstić information content (AvgIpc) is 3.17. The SMILES string of the molecule is c1ccc(-c2cccc(-c3nc(-c4ccc5c(c4)Oc4ccccc4C5(c4ccccc4)c4ccccc4)nc4ccccc34)c2)cc1. The first-order valence-electron chi connectivity index (χ1n) is 16.2. The first-order chi connectivity index (χ1) is 23.8. The van der Waals surface area contributed by atoms with E-state index in [1.807, 2.05) is 24.3 Å². The lowest BCUT2D eigenvalue weighted by atomic mass is 9.63. The Kier molecular flexibility index (Phi) is 6.69. The maximum atomic E-state index is 6.75. The number of para-hydroxylation sites is 2. The molecule has 1 aliphatic rings. The summed E-state index contributed by atoms with van der Waals surface area (Å²) in [5, 5.41) is 1.02. The summed E-state index contributed by atoms with van der Waals surface area (Å²) in [6.45, 7) is 0. The second-order valence-corrected chi connectivity index (χ2v) is 12.2. The number of nitrogens with zero attached hydrogens (tertiary/aromatic N) is 2. The second-order valence-electron chi connectivity index (χ2n) is 12.2. The zero-order valence-electron chi connectivity index (χ0n) is 26.1. The molecular weight excluding hydrogens is 585 g/mol. The standard InChI is InChI=1S/C45H30N2O/c1-4-15-31(16-5-1)32-17-14-18-33(29-32)43-37-23-10-12-25-40(37)46-44(47-43)34-27-28-39-42(30-34)48-41-26-13-11-24-38(41)45(39,35-19-6-2-7-20-35)36-21-8-3-9-22-36/h1-30H. The highest BCUT2D eigenvalue weighted by Gasteiger charge is 2.45. The first kappa shape index (κ1) is 27.9. The Labute approximate surface area is 279 Å². The molecule has 1 aromatic heterocycles. The molecular formula is C45H30N2O. The molecule has 0 N–H and O–H groups in total. The van der Waals surface area contributed by atoms with Gasteiger partial charge in [0, 0.05) is 27.6 Å². The van der Waals surface area contributed by atoms with Gasteiger partial charge in [-0.3, -0.25) is 0 Å². The Balaban J connectivity index is 1.25. The van der Waals surface area contributed by atoms with Crippen LogP contribution in [0.5, 0.6) is 11.5 Å². The third-order valence-corrected chi connectivity index (χ3v) is 9.41. The molecule has 0 atom stereocenters. The Morgan fingerprint density at radius 1 is 0.396 bits per heavy atom. The Hall–Kier alpha value is -6.32. The van der Waals surface area contributed by atoms with Gasteiger partial charge in [0.25, 0.3) is 0 Å². The van der Waals surface area contributed by atoms with E-state index in [0.717, 1.165) is 55.9 Å². The van der Waals surface area contributed by atoms with E-state index >= 15 is 0 Å². The van der Waals surface area contributed by atoms with Gasteiger partial charge >= 0.3 is 0 Å². The van der Waals surface area contributed by atoms with Crippen LogP contribution < -0.4 is 4.74 Å². The van der Waals surface area contributed by atoms with Gasteiger partial charge in [-0.1, -0.05) is 158 Å². The van der Waals surface area contributed by atoms with E-state index in [-0.39, 0.29) is 0 Å². The highest BCUT2D eigenvalue weighted by Crippen LogP contribution is 2.55. The van der Waals surface area contributed by atoms with E-state index in [2.05, 4.69) is 158 Å². The number of hydrogen-bond donors (Lipinski definition) is 0. The molecule has 0 unspecified atom stereocenters. The summed E-state index contributed by atoms with van der Waals surface area (Å²) in [5.41, 5.74) is 10.1. The third-order valence-electron chi connectivity index (χ3n) is 9.41. The molecule has 48 heavy (non-hydrogen) atoms. The van der Waals surface area contributed by atoms with Crippen molar-refractivity contribution in [3.8, 4) is 45.3 Å². The van der Waals surface area contributed by atoms with Gasteiger partial charge in [0.1, 0.15) is 11.5 Å². The van der Waals surface area contributed by atoms with Gasteiger partial charge in [0.05, 0.1) is 16.6 Å². The zero-order valence-corrected chi connectivity index (χ0v) is 26.1. The zero-order chi connectivity index (χ0) is 31.9. The number of rotatable bonds is 5. The van der Waals surface area contributed by atoms with Crippen molar-refractivity contribution in [3.63, 3.8) is 0 Å². The van der Waals surface area contributed by atoms with Crippen LogP contribution in [0.3, 0.4) is 0 Å². The summed E-state index contributed by atoms with van der Waals surface area (Å²) < 4.78 is 6.75. The Morgan fingerprint density at radius 2 is 1.00 bits per heavy atom. The van der Waals surface area contributed by atoms with Crippen LogP contribution in [0.1, 0.15) is 22.3 Å². The molecule has 1 aliphatic heterocycles. The molecule has 0 saturated carbocycles. The minimum absolute atomic E-state index is 0.571. The van der Waals surface area contributed by atoms with Gasteiger partial charge in [-0.15, -0.1) is 0 Å². The van der Waals surface area contributed by atoms with Crippen molar-refractivity contribution in [2.24, 2.45) is 0 Å². The van der Waals surface area contributed by atoms with E-state index in [9.17, 15) is 0 Å². The normalized spacial score (nSPS) is 12.9. The first-order valence-corrected chi connectivity index (χ1v) is 16.2. The smallest absolute Gasteiger partial charge is 0.160 e. The lowest BCUT2D eigenvalue weighted by Crippen LogP contribution is -2.34. The van der Waals surface area contributed by atoms with E-state index in [4.69, 9.17) is 14.7 Å². The largest absolute Gasteiger partial charge is 0.457 e. The molecule has 9 rings (SSSR count). The van der Waals surface area contributed by atoms with Crippen LogP contribution in [0.4, 0.5) is 0 Å². The van der Waals surface area contributed by atoms with Crippen molar-refractivity contribution in [1.82, 2.24) is 9.97 Å². The molecule has 2 heterocycles. The number of aromatic nitrogens is 2. The molecule has 0 amide bonds. The summed E-state index contributed by atoms with van der Waals surface area (Å²) in [4.78, 5) is 10.3. The van der Waals surface area contributed by atoms with Crippen LogP contribution in [0.2, 0.25) is 0 Å². The van der Waals surface area contributed by atoms with Crippen LogP contribution in [0, 0.1) is 0 Å². The van der Waals surface area contributed by atoms with E-state index < -0.39 is 5.41 Å². The Bertz CT molecular complexity index is 2380. The minimum Gasteiger partial charge on any atom is -0.457 e. The summed E-state index contributed by atoms with van der Waals surface area (Å²) >= 11 is 0. The van der Waals surface area contributed by atoms with Gasteiger partial charge in [-0.2, -0.15) is 0 Å². The molecule has 7 aromatic carbocycles. The molecule has 0 radical (unpaired) electrons. The lowest BCUT2D eigenvalue weighted by molar-refractivity contribution is 0.434.